The fraction of sp³-hybridized carbons (Fsp3) is 0.600. The number of benzene rings is 1. The van der Waals surface area contributed by atoms with Crippen molar-refractivity contribution in [3.05, 3.63) is 35.6 Å². The van der Waals surface area contributed by atoms with E-state index in [1.807, 2.05) is 19.2 Å². The lowest BCUT2D eigenvalue weighted by atomic mass is 9.99. The van der Waals surface area contributed by atoms with Crippen LogP contribution in [0.5, 0.6) is 0 Å². The molecule has 2 nitrogen and oxygen atoms in total. The predicted octanol–water partition coefficient (Wildman–Crippen LogP) is 2.92. The standard InChI is InChI=1S/C15H22FNO/c1-17-14(8-9-15-3-2-10-18-15)11-12-4-6-13(16)7-5-12/h4-7,14-15,17H,2-3,8-11H2,1H3. The first-order chi connectivity index (χ1) is 8.78. The van der Waals surface area contributed by atoms with Gasteiger partial charge in [0.1, 0.15) is 5.82 Å². The monoisotopic (exact) mass is 251 g/mol. The Morgan fingerprint density at radius 2 is 2.17 bits per heavy atom. The maximum absolute atomic E-state index is 12.8. The Hall–Kier alpha value is -0.930. The summed E-state index contributed by atoms with van der Waals surface area (Å²) >= 11 is 0. The van der Waals surface area contributed by atoms with Crippen molar-refractivity contribution in [2.75, 3.05) is 13.7 Å². The largest absolute Gasteiger partial charge is 0.378 e. The molecule has 1 aliphatic rings. The first-order valence-corrected chi connectivity index (χ1v) is 6.81. The lowest BCUT2D eigenvalue weighted by molar-refractivity contribution is 0.0998. The maximum atomic E-state index is 12.8. The average molecular weight is 251 g/mol. The van der Waals surface area contributed by atoms with Crippen LogP contribution in [-0.2, 0) is 11.2 Å². The van der Waals surface area contributed by atoms with Crippen molar-refractivity contribution in [2.24, 2.45) is 0 Å². The van der Waals surface area contributed by atoms with E-state index >= 15 is 0 Å². The lowest BCUT2D eigenvalue weighted by Crippen LogP contribution is -2.28. The van der Waals surface area contributed by atoms with Crippen molar-refractivity contribution < 1.29 is 9.13 Å². The van der Waals surface area contributed by atoms with E-state index < -0.39 is 0 Å². The zero-order chi connectivity index (χ0) is 12.8. The first kappa shape index (κ1) is 13.5. The molecule has 1 aromatic rings. The van der Waals surface area contributed by atoms with Crippen molar-refractivity contribution in [1.82, 2.24) is 5.32 Å². The van der Waals surface area contributed by atoms with Gasteiger partial charge in [0.15, 0.2) is 0 Å². The number of rotatable bonds is 6. The fourth-order valence-corrected chi connectivity index (χ4v) is 2.51. The number of ether oxygens (including phenoxy) is 1. The predicted molar refractivity (Wildman–Crippen MR) is 71.2 cm³/mol. The molecule has 0 amide bonds. The number of nitrogens with one attached hydrogen (secondary N) is 1. The Bertz CT molecular complexity index is 346. The van der Waals surface area contributed by atoms with E-state index in [9.17, 15) is 4.39 Å². The van der Waals surface area contributed by atoms with Gasteiger partial charge in [-0.15, -0.1) is 0 Å². The third-order valence-electron chi connectivity index (χ3n) is 3.66. The highest BCUT2D eigenvalue weighted by molar-refractivity contribution is 5.17. The van der Waals surface area contributed by atoms with Gasteiger partial charge >= 0.3 is 0 Å². The molecule has 1 N–H and O–H groups in total. The van der Waals surface area contributed by atoms with Gasteiger partial charge in [-0.05, 0) is 56.8 Å². The molecule has 0 saturated carbocycles. The Labute approximate surface area is 109 Å². The van der Waals surface area contributed by atoms with Gasteiger partial charge in [0.25, 0.3) is 0 Å². The van der Waals surface area contributed by atoms with E-state index in [4.69, 9.17) is 4.74 Å². The molecule has 3 heteroatoms. The number of halogens is 1. The van der Waals surface area contributed by atoms with Crippen LogP contribution in [0.25, 0.3) is 0 Å². The maximum Gasteiger partial charge on any atom is 0.123 e. The minimum absolute atomic E-state index is 0.167. The molecule has 0 spiro atoms. The van der Waals surface area contributed by atoms with Gasteiger partial charge in [-0.25, -0.2) is 4.39 Å². The molecule has 18 heavy (non-hydrogen) atoms. The molecular weight excluding hydrogens is 229 g/mol. The summed E-state index contributed by atoms with van der Waals surface area (Å²) in [6.45, 7) is 0.923. The van der Waals surface area contributed by atoms with Crippen LogP contribution in [-0.4, -0.2) is 25.8 Å². The fourth-order valence-electron chi connectivity index (χ4n) is 2.51. The second-order valence-electron chi connectivity index (χ2n) is 5.03. The molecule has 100 valence electrons. The van der Waals surface area contributed by atoms with Gasteiger partial charge in [0.05, 0.1) is 6.10 Å². The van der Waals surface area contributed by atoms with Gasteiger partial charge in [-0.2, -0.15) is 0 Å². The van der Waals surface area contributed by atoms with Crippen LogP contribution in [0.3, 0.4) is 0 Å². The molecule has 0 bridgehead atoms. The Morgan fingerprint density at radius 3 is 2.78 bits per heavy atom. The molecular formula is C15H22FNO. The summed E-state index contributed by atoms with van der Waals surface area (Å²) in [5, 5.41) is 3.34. The summed E-state index contributed by atoms with van der Waals surface area (Å²) < 4.78 is 18.5. The third-order valence-corrected chi connectivity index (χ3v) is 3.66. The van der Waals surface area contributed by atoms with Gasteiger partial charge in [0.2, 0.25) is 0 Å². The normalized spacial score (nSPS) is 21.1. The summed E-state index contributed by atoms with van der Waals surface area (Å²) in [6, 6.07) is 7.24. The zero-order valence-electron chi connectivity index (χ0n) is 11.0. The van der Waals surface area contributed by atoms with Crippen molar-refractivity contribution in [3.63, 3.8) is 0 Å². The van der Waals surface area contributed by atoms with Gasteiger partial charge in [0, 0.05) is 12.6 Å². The molecule has 1 saturated heterocycles. The van der Waals surface area contributed by atoms with Crippen LogP contribution in [0.1, 0.15) is 31.2 Å². The van der Waals surface area contributed by atoms with Gasteiger partial charge < -0.3 is 10.1 Å². The second kappa shape index (κ2) is 6.86. The van der Waals surface area contributed by atoms with Gasteiger partial charge in [-0.1, -0.05) is 12.1 Å². The number of likely N-dealkylation sites (N-methyl/N-ethyl adjacent to an activating group) is 1. The Kier molecular flexibility index (Phi) is 5.14. The van der Waals surface area contributed by atoms with Crippen LogP contribution in [0, 0.1) is 5.82 Å². The van der Waals surface area contributed by atoms with Crippen molar-refractivity contribution in [3.8, 4) is 0 Å². The van der Waals surface area contributed by atoms with E-state index in [0.29, 0.717) is 12.1 Å². The van der Waals surface area contributed by atoms with Crippen LogP contribution >= 0.6 is 0 Å². The molecule has 2 unspecified atom stereocenters. The van der Waals surface area contributed by atoms with Crippen LogP contribution in [0.2, 0.25) is 0 Å². The van der Waals surface area contributed by atoms with Crippen LogP contribution in [0.15, 0.2) is 24.3 Å². The number of hydrogen-bond donors (Lipinski definition) is 1. The highest BCUT2D eigenvalue weighted by atomic mass is 19.1. The minimum Gasteiger partial charge on any atom is -0.378 e. The summed E-state index contributed by atoms with van der Waals surface area (Å²) in [5.41, 5.74) is 1.18. The SMILES string of the molecule is CNC(CCC1CCCO1)Cc1ccc(F)cc1. The summed E-state index contributed by atoms with van der Waals surface area (Å²) in [4.78, 5) is 0. The number of hydrogen-bond acceptors (Lipinski definition) is 2. The molecule has 0 aliphatic carbocycles. The Morgan fingerprint density at radius 1 is 1.39 bits per heavy atom. The molecule has 0 radical (unpaired) electrons. The second-order valence-corrected chi connectivity index (χ2v) is 5.03. The molecule has 1 aromatic carbocycles. The quantitative estimate of drug-likeness (QED) is 0.839. The molecule has 2 rings (SSSR count). The summed E-state index contributed by atoms with van der Waals surface area (Å²) in [7, 11) is 1.99. The third kappa shape index (κ3) is 4.07. The minimum atomic E-state index is -0.167. The molecule has 0 aromatic heterocycles. The topological polar surface area (TPSA) is 21.3 Å². The van der Waals surface area contributed by atoms with Crippen molar-refractivity contribution in [2.45, 2.75) is 44.2 Å². The first-order valence-electron chi connectivity index (χ1n) is 6.81. The summed E-state index contributed by atoms with van der Waals surface area (Å²) in [6.07, 6.45) is 6.03. The van der Waals surface area contributed by atoms with Gasteiger partial charge in [-0.3, -0.25) is 0 Å². The van der Waals surface area contributed by atoms with Crippen LogP contribution in [0.4, 0.5) is 4.39 Å². The van der Waals surface area contributed by atoms with E-state index in [2.05, 4.69) is 5.32 Å². The Balaban J connectivity index is 1.79. The van der Waals surface area contributed by atoms with Crippen molar-refractivity contribution >= 4 is 0 Å². The van der Waals surface area contributed by atoms with E-state index in [1.54, 1.807) is 0 Å². The van der Waals surface area contributed by atoms with E-state index in [1.165, 1.54) is 30.5 Å². The summed E-state index contributed by atoms with van der Waals surface area (Å²) in [5.74, 6) is -0.167. The molecule has 2 atom stereocenters. The smallest absolute Gasteiger partial charge is 0.123 e. The molecule has 1 fully saturated rings. The molecule has 1 heterocycles. The lowest BCUT2D eigenvalue weighted by Gasteiger charge is -2.18. The van der Waals surface area contributed by atoms with Crippen LogP contribution < -0.4 is 5.32 Å². The highest BCUT2D eigenvalue weighted by Gasteiger charge is 2.17. The zero-order valence-corrected chi connectivity index (χ0v) is 11.0. The molecule has 1 aliphatic heterocycles. The van der Waals surface area contributed by atoms with E-state index in [-0.39, 0.29) is 5.82 Å². The van der Waals surface area contributed by atoms with Crippen molar-refractivity contribution in [1.29, 1.82) is 0 Å². The highest BCUT2D eigenvalue weighted by Crippen LogP contribution is 2.18. The average Bonchev–Trinajstić information content (AvgIpc) is 2.90. The van der Waals surface area contributed by atoms with E-state index in [0.717, 1.165) is 25.9 Å².